The zero-order valence-corrected chi connectivity index (χ0v) is 29.6. The molecule has 2 aromatic rings. The SMILES string of the molecule is CC[C@@H](C)[C@H](Nc1ccc2c(cc1=O)[C@@H](NC(C)=O)CCc1cc(OC)c(OC)c(OC)c1-2)C(=O)NCCS(=O)(=O)N1CCSCC1. The van der Waals surface area contributed by atoms with Crippen molar-refractivity contribution in [2.45, 2.75) is 52.1 Å². The Hall–Kier alpha value is -3.49. The first-order valence-electron chi connectivity index (χ1n) is 15.8. The average molecular weight is 691 g/mol. The fraction of sp³-hybridized carbons (Fsp3) is 0.545. The highest BCUT2D eigenvalue weighted by Crippen LogP contribution is 2.50. The summed E-state index contributed by atoms with van der Waals surface area (Å²) in [7, 11) is 1.11. The lowest BCUT2D eigenvalue weighted by Gasteiger charge is -2.26. The Morgan fingerprint density at radius 1 is 1.06 bits per heavy atom. The van der Waals surface area contributed by atoms with Crippen LogP contribution in [0.25, 0.3) is 11.1 Å². The molecule has 2 aliphatic rings. The Morgan fingerprint density at radius 2 is 1.77 bits per heavy atom. The quantitative estimate of drug-likeness (QED) is 0.286. The van der Waals surface area contributed by atoms with Gasteiger partial charge in [0.05, 0.1) is 38.8 Å². The minimum absolute atomic E-state index is 0.0409. The highest BCUT2D eigenvalue weighted by molar-refractivity contribution is 7.99. The third kappa shape index (κ3) is 8.33. The van der Waals surface area contributed by atoms with Gasteiger partial charge in [0.1, 0.15) is 6.04 Å². The number of methoxy groups -OCH3 is 3. The van der Waals surface area contributed by atoms with Gasteiger partial charge in [0.25, 0.3) is 0 Å². The molecule has 3 atom stereocenters. The van der Waals surface area contributed by atoms with E-state index in [-0.39, 0.29) is 35.2 Å². The molecular weight excluding hydrogens is 645 g/mol. The van der Waals surface area contributed by atoms with E-state index < -0.39 is 28.0 Å². The minimum atomic E-state index is -3.49. The van der Waals surface area contributed by atoms with Gasteiger partial charge >= 0.3 is 0 Å². The van der Waals surface area contributed by atoms with E-state index in [4.69, 9.17) is 14.2 Å². The molecule has 1 saturated heterocycles. The predicted molar refractivity (Wildman–Crippen MR) is 185 cm³/mol. The lowest BCUT2D eigenvalue weighted by Crippen LogP contribution is -2.47. The number of hydrogen-bond acceptors (Lipinski definition) is 10. The van der Waals surface area contributed by atoms with Gasteiger partial charge in [-0.2, -0.15) is 11.8 Å². The third-order valence-electron chi connectivity index (χ3n) is 8.75. The number of hydrogen-bond donors (Lipinski definition) is 3. The maximum atomic E-state index is 13.8. The van der Waals surface area contributed by atoms with E-state index in [1.54, 1.807) is 31.0 Å². The number of benzene rings is 1. The van der Waals surface area contributed by atoms with Crippen LogP contribution < -0.4 is 35.6 Å². The molecule has 47 heavy (non-hydrogen) atoms. The number of rotatable bonds is 13. The Labute approximate surface area is 281 Å². The van der Waals surface area contributed by atoms with Crippen LogP contribution in [0.2, 0.25) is 0 Å². The summed E-state index contributed by atoms with van der Waals surface area (Å²) in [5.41, 5.74) is 2.73. The van der Waals surface area contributed by atoms with Crippen molar-refractivity contribution in [2.24, 2.45) is 5.92 Å². The second-order valence-corrected chi connectivity index (χ2v) is 15.0. The number of carbonyl (C=O) groups is 2. The van der Waals surface area contributed by atoms with Gasteiger partial charge in [0.2, 0.25) is 33.0 Å². The zero-order valence-electron chi connectivity index (χ0n) is 27.9. The molecule has 14 heteroatoms. The Bertz CT molecular complexity index is 1630. The standard InChI is InChI=1S/C33H46N4O8S2/c1-7-20(2)30(33(40)34-12-17-47(41,42)37-13-15-46-16-14-37)36-26-11-9-23-24(19-27(26)39)25(35-21(3)38)10-8-22-18-28(43-4)31(44-5)32(45-6)29(22)23/h9,11,18-20,25,30H,7-8,10,12-17H2,1-6H3,(H,34,40)(H,35,38)(H,36,39)/t20-,25+,30+/m1/s1. The van der Waals surface area contributed by atoms with Crippen LogP contribution in [0.1, 0.15) is 50.8 Å². The second kappa shape index (κ2) is 16.1. The largest absolute Gasteiger partial charge is 0.493 e. The molecule has 0 aromatic heterocycles. The molecule has 258 valence electrons. The Kier molecular flexibility index (Phi) is 12.4. The van der Waals surface area contributed by atoms with Crippen molar-refractivity contribution in [1.29, 1.82) is 0 Å². The molecule has 1 aliphatic heterocycles. The topological polar surface area (TPSA) is 152 Å². The Morgan fingerprint density at radius 3 is 2.38 bits per heavy atom. The van der Waals surface area contributed by atoms with Gasteiger partial charge in [-0.1, -0.05) is 26.3 Å². The number of thioether (sulfide) groups is 1. The summed E-state index contributed by atoms with van der Waals surface area (Å²) in [6.45, 7) is 6.18. The van der Waals surface area contributed by atoms with Crippen LogP contribution in [0.5, 0.6) is 17.2 Å². The number of amides is 2. The number of fused-ring (bicyclic) bond motifs is 3. The maximum absolute atomic E-state index is 13.8. The van der Waals surface area contributed by atoms with Crippen molar-refractivity contribution < 1.29 is 32.2 Å². The van der Waals surface area contributed by atoms with Gasteiger partial charge < -0.3 is 30.2 Å². The average Bonchev–Trinajstić information content (AvgIpc) is 3.30. The van der Waals surface area contributed by atoms with E-state index in [0.29, 0.717) is 60.7 Å². The summed E-state index contributed by atoms with van der Waals surface area (Å²) in [4.78, 5) is 39.6. The maximum Gasteiger partial charge on any atom is 0.242 e. The number of ether oxygens (including phenoxy) is 3. The molecular formula is C33H46N4O8S2. The Balaban J connectivity index is 1.71. The predicted octanol–water partition coefficient (Wildman–Crippen LogP) is 3.18. The van der Waals surface area contributed by atoms with Crippen LogP contribution in [-0.2, 0) is 26.0 Å². The number of carbonyl (C=O) groups excluding carboxylic acids is 2. The molecule has 0 bridgehead atoms. The summed E-state index contributed by atoms with van der Waals surface area (Å²) in [6, 6.07) is 5.54. The van der Waals surface area contributed by atoms with Crippen molar-refractivity contribution in [3.05, 3.63) is 45.6 Å². The molecule has 2 amide bonds. The van der Waals surface area contributed by atoms with Crippen molar-refractivity contribution in [1.82, 2.24) is 14.9 Å². The summed E-state index contributed by atoms with van der Waals surface area (Å²) in [6.07, 6.45) is 1.72. The fourth-order valence-electron chi connectivity index (χ4n) is 6.06. The van der Waals surface area contributed by atoms with Crippen LogP contribution >= 0.6 is 11.8 Å². The van der Waals surface area contributed by atoms with Crippen molar-refractivity contribution >= 4 is 39.3 Å². The summed E-state index contributed by atoms with van der Waals surface area (Å²) in [5.74, 6) is 1.85. The van der Waals surface area contributed by atoms with Crippen LogP contribution in [0, 0.1) is 5.92 Å². The molecule has 0 saturated carbocycles. The number of anilines is 1. The first-order valence-corrected chi connectivity index (χ1v) is 18.6. The zero-order chi connectivity index (χ0) is 34.3. The first kappa shape index (κ1) is 36.3. The molecule has 1 fully saturated rings. The normalized spacial score (nSPS) is 17.6. The third-order valence-corrected chi connectivity index (χ3v) is 11.6. The lowest BCUT2D eigenvalue weighted by atomic mass is 9.95. The number of nitrogens with one attached hydrogen (secondary N) is 3. The molecule has 1 aliphatic carbocycles. The van der Waals surface area contributed by atoms with Crippen LogP contribution in [0.3, 0.4) is 0 Å². The van der Waals surface area contributed by atoms with Crippen LogP contribution in [0.4, 0.5) is 5.69 Å². The van der Waals surface area contributed by atoms with Crippen LogP contribution in [-0.4, -0.2) is 88.8 Å². The summed E-state index contributed by atoms with van der Waals surface area (Å²) in [5, 5.41) is 8.94. The molecule has 1 heterocycles. The van der Waals surface area contributed by atoms with Crippen LogP contribution in [0.15, 0.2) is 29.1 Å². The van der Waals surface area contributed by atoms with Gasteiger partial charge in [0.15, 0.2) is 11.5 Å². The number of sulfonamides is 1. The van der Waals surface area contributed by atoms with Gasteiger partial charge in [0, 0.05) is 43.6 Å². The van der Waals surface area contributed by atoms with E-state index in [9.17, 15) is 22.8 Å². The van der Waals surface area contributed by atoms with Gasteiger partial charge in [-0.3, -0.25) is 14.4 Å². The molecule has 4 rings (SSSR count). The molecule has 3 N–H and O–H groups in total. The molecule has 0 radical (unpaired) electrons. The van der Waals surface area contributed by atoms with Crippen molar-refractivity contribution in [2.75, 3.05) is 63.5 Å². The van der Waals surface area contributed by atoms with E-state index in [2.05, 4.69) is 16.0 Å². The molecule has 0 spiro atoms. The molecule has 12 nitrogen and oxygen atoms in total. The fourth-order valence-corrected chi connectivity index (χ4v) is 8.55. The minimum Gasteiger partial charge on any atom is -0.493 e. The summed E-state index contributed by atoms with van der Waals surface area (Å²) >= 11 is 1.72. The number of aryl methyl sites for hydroxylation is 1. The smallest absolute Gasteiger partial charge is 0.242 e. The highest BCUT2D eigenvalue weighted by Gasteiger charge is 2.31. The first-order chi connectivity index (χ1) is 22.4. The van der Waals surface area contributed by atoms with Crippen molar-refractivity contribution in [3.63, 3.8) is 0 Å². The van der Waals surface area contributed by atoms with Crippen molar-refractivity contribution in [3.8, 4) is 28.4 Å². The van der Waals surface area contributed by atoms with E-state index in [1.807, 2.05) is 19.9 Å². The highest BCUT2D eigenvalue weighted by atomic mass is 32.2. The molecule has 2 aromatic carbocycles. The van der Waals surface area contributed by atoms with Gasteiger partial charge in [-0.15, -0.1) is 0 Å². The lowest BCUT2D eigenvalue weighted by molar-refractivity contribution is -0.122. The van der Waals surface area contributed by atoms with Gasteiger partial charge in [-0.25, -0.2) is 12.7 Å². The second-order valence-electron chi connectivity index (χ2n) is 11.7. The monoisotopic (exact) mass is 690 g/mol. The summed E-state index contributed by atoms with van der Waals surface area (Å²) < 4.78 is 44.2. The molecule has 0 unspecified atom stereocenters. The number of nitrogens with zero attached hydrogens (tertiary/aromatic N) is 1. The van der Waals surface area contributed by atoms with E-state index in [1.165, 1.54) is 31.5 Å². The van der Waals surface area contributed by atoms with E-state index in [0.717, 1.165) is 22.6 Å². The van der Waals surface area contributed by atoms with Gasteiger partial charge in [-0.05, 0) is 53.6 Å². The van der Waals surface area contributed by atoms with E-state index >= 15 is 0 Å².